The van der Waals surface area contributed by atoms with Crippen LogP contribution in [0.3, 0.4) is 0 Å². The van der Waals surface area contributed by atoms with Gasteiger partial charge >= 0.3 is 17.9 Å². The van der Waals surface area contributed by atoms with Crippen LogP contribution < -0.4 is 0 Å². The van der Waals surface area contributed by atoms with Gasteiger partial charge in [0.2, 0.25) is 0 Å². The van der Waals surface area contributed by atoms with Gasteiger partial charge in [-0.25, -0.2) is 9.59 Å². The highest BCUT2D eigenvalue weighted by molar-refractivity contribution is 5.91. The quantitative estimate of drug-likeness (QED) is 0.195. The summed E-state index contributed by atoms with van der Waals surface area (Å²) in [4.78, 5) is 38.1. The molecule has 0 radical (unpaired) electrons. The fourth-order valence-corrected chi connectivity index (χ4v) is 5.03. The van der Waals surface area contributed by atoms with Crippen molar-refractivity contribution in [1.29, 1.82) is 0 Å². The highest BCUT2D eigenvalue weighted by Gasteiger charge is 2.67. The fourth-order valence-electron chi connectivity index (χ4n) is 5.03. The fraction of sp³-hybridized carbons (Fsp3) is 0.731. The first-order chi connectivity index (χ1) is 15.7. The third-order valence-electron chi connectivity index (χ3n) is 8.37. The highest BCUT2D eigenvalue weighted by Crippen LogP contribution is 2.56. The zero-order valence-corrected chi connectivity index (χ0v) is 21.1. The Morgan fingerprint density at radius 1 is 1.21 bits per heavy atom. The van der Waals surface area contributed by atoms with Crippen molar-refractivity contribution in [3.05, 3.63) is 23.8 Å². The first-order valence-electron chi connectivity index (χ1n) is 12.1. The van der Waals surface area contributed by atoms with Crippen molar-refractivity contribution in [2.24, 2.45) is 11.8 Å². The second-order valence-electron chi connectivity index (χ2n) is 10.8. The van der Waals surface area contributed by atoms with Crippen LogP contribution in [0, 0.1) is 11.8 Å². The summed E-state index contributed by atoms with van der Waals surface area (Å²) < 4.78 is 29.2. The number of carbonyl (C=O) groups excluding carboxylic acids is 3. The minimum atomic E-state index is -0.995. The molecular formula is C26H36O8. The number of ether oxygens (including phenoxy) is 5. The summed E-state index contributed by atoms with van der Waals surface area (Å²) in [5.74, 6) is -2.08. The Kier molecular flexibility index (Phi) is 6.00. The molecular weight excluding hydrogens is 440 g/mol. The van der Waals surface area contributed by atoms with Crippen molar-refractivity contribution in [2.75, 3.05) is 0 Å². The third kappa shape index (κ3) is 4.09. The van der Waals surface area contributed by atoms with Gasteiger partial charge in [0.05, 0.1) is 29.1 Å². The van der Waals surface area contributed by atoms with Crippen molar-refractivity contribution in [3.8, 4) is 0 Å². The molecule has 0 spiro atoms. The van der Waals surface area contributed by atoms with Gasteiger partial charge < -0.3 is 23.7 Å². The Bertz CT molecular complexity index is 954. The van der Waals surface area contributed by atoms with Crippen LogP contribution in [0.1, 0.15) is 67.7 Å². The van der Waals surface area contributed by atoms with E-state index in [0.717, 1.165) is 5.57 Å². The van der Waals surface area contributed by atoms with Crippen LogP contribution in [0.2, 0.25) is 0 Å². The second kappa shape index (κ2) is 8.19. The van der Waals surface area contributed by atoms with Crippen LogP contribution in [0.4, 0.5) is 0 Å². The minimum absolute atomic E-state index is 0.225. The number of epoxide rings is 2. The molecule has 3 aliphatic heterocycles. The van der Waals surface area contributed by atoms with E-state index in [9.17, 15) is 14.4 Å². The average molecular weight is 477 g/mol. The predicted octanol–water partition coefficient (Wildman–Crippen LogP) is 3.42. The third-order valence-corrected chi connectivity index (χ3v) is 8.37. The monoisotopic (exact) mass is 476 g/mol. The van der Waals surface area contributed by atoms with Crippen LogP contribution >= 0.6 is 0 Å². The van der Waals surface area contributed by atoms with Crippen molar-refractivity contribution < 1.29 is 38.1 Å². The van der Waals surface area contributed by atoms with E-state index < -0.39 is 53.0 Å². The van der Waals surface area contributed by atoms with Gasteiger partial charge in [0.25, 0.3) is 0 Å². The molecule has 9 atom stereocenters. The molecule has 8 heteroatoms. The smallest absolute Gasteiger partial charge is 0.341 e. The zero-order chi connectivity index (χ0) is 25.2. The van der Waals surface area contributed by atoms with E-state index in [1.165, 1.54) is 0 Å². The normalized spacial score (nSPS) is 45.6. The maximum absolute atomic E-state index is 13.0. The van der Waals surface area contributed by atoms with Crippen LogP contribution in [0.5, 0.6) is 0 Å². The number of rotatable bonds is 5. The van der Waals surface area contributed by atoms with Gasteiger partial charge in [-0.2, -0.15) is 0 Å². The summed E-state index contributed by atoms with van der Waals surface area (Å²) in [6, 6.07) is 0. The first kappa shape index (κ1) is 24.9. The Morgan fingerprint density at radius 3 is 2.41 bits per heavy atom. The molecule has 0 bridgehead atoms. The van der Waals surface area contributed by atoms with Crippen molar-refractivity contribution >= 4 is 17.9 Å². The summed E-state index contributed by atoms with van der Waals surface area (Å²) in [5, 5.41) is 0. The van der Waals surface area contributed by atoms with Crippen molar-refractivity contribution in [3.63, 3.8) is 0 Å². The highest BCUT2D eigenvalue weighted by atomic mass is 16.7. The molecule has 8 nitrogen and oxygen atoms in total. The van der Waals surface area contributed by atoms with Gasteiger partial charge in [-0.05, 0) is 52.7 Å². The lowest BCUT2D eigenvalue weighted by Gasteiger charge is -2.31. The van der Waals surface area contributed by atoms with Gasteiger partial charge in [-0.1, -0.05) is 20.4 Å². The molecule has 34 heavy (non-hydrogen) atoms. The number of carbonyl (C=O) groups is 3. The number of esters is 3. The maximum atomic E-state index is 13.0. The first-order valence-corrected chi connectivity index (χ1v) is 12.1. The lowest BCUT2D eigenvalue weighted by molar-refractivity contribution is -0.159. The summed E-state index contributed by atoms with van der Waals surface area (Å²) in [6.07, 6.45) is 1.10. The number of hydrogen-bond donors (Lipinski definition) is 0. The molecule has 0 aromatic rings. The topological polar surface area (TPSA) is 104 Å². The molecule has 0 N–H and O–H groups in total. The lowest BCUT2D eigenvalue weighted by Crippen LogP contribution is -2.42. The summed E-state index contributed by atoms with van der Waals surface area (Å²) in [7, 11) is 0. The van der Waals surface area contributed by atoms with E-state index in [0.29, 0.717) is 19.3 Å². The van der Waals surface area contributed by atoms with E-state index in [1.54, 1.807) is 13.0 Å². The zero-order valence-electron chi connectivity index (χ0n) is 21.1. The van der Waals surface area contributed by atoms with Crippen LogP contribution in [-0.2, 0) is 38.1 Å². The molecule has 0 amide bonds. The van der Waals surface area contributed by atoms with E-state index in [-0.39, 0.29) is 23.6 Å². The summed E-state index contributed by atoms with van der Waals surface area (Å²) >= 11 is 0. The standard InChI is InChI=1S/C26H36O8/c1-9-13(2)21(27)31-18-11-24(6)25(7,34-24)12-19(32-23(29)26(8)16(5)33-26)20-15(4)22(28)30-17(20)10-14(18)3/h10,13,16-20H,4,9,11-12H2,1-3,5-8H3/b14-10-/t13-,16+,17+,18-,19+,20-,24+,25+,26+/m0/s1. The molecule has 3 saturated heterocycles. The maximum Gasteiger partial charge on any atom is 0.341 e. The van der Waals surface area contributed by atoms with E-state index in [1.807, 2.05) is 41.5 Å². The van der Waals surface area contributed by atoms with Gasteiger partial charge in [0.1, 0.15) is 18.3 Å². The Hall–Kier alpha value is -2.19. The largest absolute Gasteiger partial charge is 0.459 e. The molecule has 0 aromatic heterocycles. The summed E-state index contributed by atoms with van der Waals surface area (Å²) in [6.45, 7) is 17.0. The van der Waals surface area contributed by atoms with Gasteiger partial charge in [0, 0.05) is 18.4 Å². The SMILES string of the molecule is C=C1C(=O)O[C@@H]2/C=C(/C)[C@@H](OC(=O)[C@@H](C)CC)C[C@@]3(C)O[C@]3(C)C[C@@H](OC(=O)[C@]3(C)O[C@@H]3C)[C@@H]12. The number of hydrogen-bond acceptors (Lipinski definition) is 8. The van der Waals surface area contributed by atoms with E-state index >= 15 is 0 Å². The van der Waals surface area contributed by atoms with Crippen LogP contribution in [0.25, 0.3) is 0 Å². The molecule has 1 aliphatic carbocycles. The Labute approximate surface area is 201 Å². The average Bonchev–Trinajstić information content (AvgIpc) is 3.50. The molecule has 188 valence electrons. The van der Waals surface area contributed by atoms with Gasteiger partial charge in [0.15, 0.2) is 5.60 Å². The number of fused-ring (bicyclic) bond motifs is 2. The van der Waals surface area contributed by atoms with Crippen molar-refractivity contribution in [1.82, 2.24) is 0 Å². The van der Waals surface area contributed by atoms with Crippen molar-refractivity contribution in [2.45, 2.75) is 109 Å². The molecule has 4 rings (SSSR count). The molecule has 3 heterocycles. The Balaban J connectivity index is 1.68. The summed E-state index contributed by atoms with van der Waals surface area (Å²) in [5.41, 5.74) is -1.24. The van der Waals surface area contributed by atoms with E-state index in [4.69, 9.17) is 23.7 Å². The Morgan fingerprint density at radius 2 is 1.82 bits per heavy atom. The van der Waals surface area contributed by atoms with Crippen LogP contribution in [-0.4, -0.2) is 59.1 Å². The second-order valence-corrected chi connectivity index (χ2v) is 10.8. The van der Waals surface area contributed by atoms with Crippen LogP contribution in [0.15, 0.2) is 23.8 Å². The molecule has 0 saturated carbocycles. The minimum Gasteiger partial charge on any atom is -0.459 e. The lowest BCUT2D eigenvalue weighted by atomic mass is 9.78. The van der Waals surface area contributed by atoms with Gasteiger partial charge in [-0.15, -0.1) is 0 Å². The molecule has 0 unspecified atom stereocenters. The molecule has 3 fully saturated rings. The molecule has 4 aliphatic rings. The predicted molar refractivity (Wildman–Crippen MR) is 122 cm³/mol. The molecule has 0 aromatic carbocycles. The van der Waals surface area contributed by atoms with Gasteiger partial charge in [-0.3, -0.25) is 4.79 Å². The van der Waals surface area contributed by atoms with E-state index in [2.05, 4.69) is 6.58 Å².